The maximum atomic E-state index is 12.4. The number of rotatable bonds is 2. The van der Waals surface area contributed by atoms with Crippen molar-refractivity contribution in [3.05, 3.63) is 0 Å². The summed E-state index contributed by atoms with van der Waals surface area (Å²) in [7, 11) is 0. The lowest BCUT2D eigenvalue weighted by Gasteiger charge is -2.37. The van der Waals surface area contributed by atoms with Gasteiger partial charge in [0.2, 0.25) is 5.91 Å². The van der Waals surface area contributed by atoms with E-state index in [4.69, 9.17) is 5.73 Å². The molecule has 0 heterocycles. The summed E-state index contributed by atoms with van der Waals surface area (Å²) in [4.78, 5) is 12.4. The highest BCUT2D eigenvalue weighted by molar-refractivity contribution is 5.79. The topological polar surface area (TPSA) is 55.1 Å². The molecule has 0 radical (unpaired) electrons. The standard InChI is InChI=1S/C16H30N2O/c1-10-5-4-6-15(12(10)3)18-16(19)13-8-7-11(2)14(17)9-13/h10-15H,4-9,17H2,1-3H3,(H,18,19). The van der Waals surface area contributed by atoms with E-state index in [-0.39, 0.29) is 17.9 Å². The molecule has 2 aliphatic rings. The summed E-state index contributed by atoms with van der Waals surface area (Å²) in [6.07, 6.45) is 6.67. The zero-order valence-electron chi connectivity index (χ0n) is 12.7. The molecule has 3 heteroatoms. The van der Waals surface area contributed by atoms with Crippen LogP contribution in [0.4, 0.5) is 0 Å². The van der Waals surface area contributed by atoms with Crippen LogP contribution in [-0.4, -0.2) is 18.0 Å². The van der Waals surface area contributed by atoms with E-state index in [2.05, 4.69) is 26.1 Å². The number of carbonyl (C=O) groups is 1. The Bertz CT molecular complexity index is 318. The van der Waals surface area contributed by atoms with Crippen LogP contribution in [0.1, 0.15) is 59.3 Å². The van der Waals surface area contributed by atoms with Crippen LogP contribution in [-0.2, 0) is 4.79 Å². The molecule has 0 aromatic heterocycles. The summed E-state index contributed by atoms with van der Waals surface area (Å²) in [6, 6.07) is 0.582. The Hall–Kier alpha value is -0.570. The van der Waals surface area contributed by atoms with Crippen molar-refractivity contribution in [3.63, 3.8) is 0 Å². The second kappa shape index (κ2) is 6.25. The first-order valence-corrected chi connectivity index (χ1v) is 8.05. The van der Waals surface area contributed by atoms with E-state index in [1.165, 1.54) is 12.8 Å². The first-order chi connectivity index (χ1) is 8.99. The summed E-state index contributed by atoms with van der Waals surface area (Å²) < 4.78 is 0. The molecule has 2 saturated carbocycles. The lowest BCUT2D eigenvalue weighted by Crippen LogP contribution is -2.48. The quantitative estimate of drug-likeness (QED) is 0.807. The Morgan fingerprint density at radius 2 is 1.79 bits per heavy atom. The van der Waals surface area contributed by atoms with Crippen LogP contribution in [0.5, 0.6) is 0 Å². The molecule has 2 fully saturated rings. The number of amides is 1. The highest BCUT2D eigenvalue weighted by Gasteiger charge is 2.33. The zero-order valence-corrected chi connectivity index (χ0v) is 12.7. The zero-order chi connectivity index (χ0) is 14.0. The van der Waals surface area contributed by atoms with Gasteiger partial charge in [-0.15, -0.1) is 0 Å². The summed E-state index contributed by atoms with van der Waals surface area (Å²) in [5, 5.41) is 3.31. The molecule has 0 saturated heterocycles. The molecule has 6 atom stereocenters. The summed E-state index contributed by atoms with van der Waals surface area (Å²) in [6.45, 7) is 6.79. The van der Waals surface area contributed by atoms with E-state index in [0.717, 1.165) is 31.6 Å². The highest BCUT2D eigenvalue weighted by atomic mass is 16.1. The minimum atomic E-state index is 0.149. The summed E-state index contributed by atoms with van der Waals surface area (Å²) in [5.74, 6) is 2.31. The van der Waals surface area contributed by atoms with Crippen molar-refractivity contribution in [1.29, 1.82) is 0 Å². The van der Waals surface area contributed by atoms with E-state index < -0.39 is 0 Å². The average Bonchev–Trinajstić information content (AvgIpc) is 2.38. The Kier molecular flexibility index (Phi) is 4.88. The molecule has 1 amide bonds. The Morgan fingerprint density at radius 3 is 2.47 bits per heavy atom. The van der Waals surface area contributed by atoms with Gasteiger partial charge in [0.15, 0.2) is 0 Å². The molecule has 6 unspecified atom stereocenters. The molecule has 2 aliphatic carbocycles. The number of carbonyl (C=O) groups excluding carboxylic acids is 1. The monoisotopic (exact) mass is 266 g/mol. The maximum Gasteiger partial charge on any atom is 0.223 e. The third-order valence-electron chi connectivity index (χ3n) is 5.66. The van der Waals surface area contributed by atoms with Gasteiger partial charge in [-0.05, 0) is 43.4 Å². The van der Waals surface area contributed by atoms with Crippen molar-refractivity contribution in [3.8, 4) is 0 Å². The summed E-state index contributed by atoms with van der Waals surface area (Å²) in [5.41, 5.74) is 6.11. The van der Waals surface area contributed by atoms with Gasteiger partial charge in [0.05, 0.1) is 0 Å². The van der Waals surface area contributed by atoms with Crippen molar-refractivity contribution in [2.45, 2.75) is 71.4 Å². The number of hydrogen-bond donors (Lipinski definition) is 2. The first-order valence-electron chi connectivity index (χ1n) is 8.05. The van der Waals surface area contributed by atoms with Gasteiger partial charge < -0.3 is 11.1 Å². The van der Waals surface area contributed by atoms with Crippen LogP contribution in [0, 0.1) is 23.7 Å². The van der Waals surface area contributed by atoms with Gasteiger partial charge in [-0.1, -0.05) is 33.6 Å². The Labute approximate surface area is 117 Å². The molecule has 19 heavy (non-hydrogen) atoms. The van der Waals surface area contributed by atoms with Gasteiger partial charge in [0.1, 0.15) is 0 Å². The molecular weight excluding hydrogens is 236 g/mol. The lowest BCUT2D eigenvalue weighted by molar-refractivity contribution is -0.127. The first kappa shape index (κ1) is 14.8. The van der Waals surface area contributed by atoms with Gasteiger partial charge in [-0.25, -0.2) is 0 Å². The van der Waals surface area contributed by atoms with Crippen molar-refractivity contribution >= 4 is 5.91 Å². The van der Waals surface area contributed by atoms with Crippen LogP contribution in [0.25, 0.3) is 0 Å². The Balaban J connectivity index is 1.87. The van der Waals surface area contributed by atoms with Gasteiger partial charge in [0, 0.05) is 18.0 Å². The number of hydrogen-bond acceptors (Lipinski definition) is 2. The molecular formula is C16H30N2O. The second-order valence-corrected chi connectivity index (χ2v) is 7.03. The minimum Gasteiger partial charge on any atom is -0.353 e. The normalized spacial score (nSPS) is 43.8. The maximum absolute atomic E-state index is 12.4. The van der Waals surface area contributed by atoms with Gasteiger partial charge >= 0.3 is 0 Å². The molecule has 110 valence electrons. The van der Waals surface area contributed by atoms with E-state index in [1.54, 1.807) is 0 Å². The molecule has 3 nitrogen and oxygen atoms in total. The number of nitrogens with two attached hydrogens (primary N) is 1. The van der Waals surface area contributed by atoms with Gasteiger partial charge in [-0.2, -0.15) is 0 Å². The molecule has 0 aliphatic heterocycles. The molecule has 3 N–H and O–H groups in total. The number of nitrogens with one attached hydrogen (secondary N) is 1. The van der Waals surface area contributed by atoms with Crippen molar-refractivity contribution in [2.75, 3.05) is 0 Å². The molecule has 0 spiro atoms. The van der Waals surface area contributed by atoms with E-state index >= 15 is 0 Å². The molecule has 2 rings (SSSR count). The molecule has 0 bridgehead atoms. The smallest absolute Gasteiger partial charge is 0.223 e. The van der Waals surface area contributed by atoms with Crippen molar-refractivity contribution in [1.82, 2.24) is 5.32 Å². The largest absolute Gasteiger partial charge is 0.353 e. The average molecular weight is 266 g/mol. The third-order valence-corrected chi connectivity index (χ3v) is 5.66. The molecule has 0 aromatic rings. The van der Waals surface area contributed by atoms with Crippen molar-refractivity contribution < 1.29 is 4.79 Å². The van der Waals surface area contributed by atoms with Crippen LogP contribution < -0.4 is 11.1 Å². The Morgan fingerprint density at radius 1 is 1.05 bits per heavy atom. The predicted octanol–water partition coefficient (Wildman–Crippen LogP) is 2.69. The minimum absolute atomic E-state index is 0.149. The fourth-order valence-electron chi connectivity index (χ4n) is 3.68. The van der Waals surface area contributed by atoms with Gasteiger partial charge in [0.25, 0.3) is 0 Å². The predicted molar refractivity (Wildman–Crippen MR) is 78.6 cm³/mol. The summed E-state index contributed by atoms with van der Waals surface area (Å²) >= 11 is 0. The van der Waals surface area contributed by atoms with E-state index in [0.29, 0.717) is 17.9 Å². The van der Waals surface area contributed by atoms with Crippen LogP contribution in [0.3, 0.4) is 0 Å². The SMILES string of the molecule is CC1CCC(C(=O)NC2CCCC(C)C2C)CC1N. The van der Waals surface area contributed by atoms with Gasteiger partial charge in [-0.3, -0.25) is 4.79 Å². The van der Waals surface area contributed by atoms with Crippen LogP contribution in [0.2, 0.25) is 0 Å². The van der Waals surface area contributed by atoms with E-state index in [1.807, 2.05) is 0 Å². The van der Waals surface area contributed by atoms with Crippen LogP contribution in [0.15, 0.2) is 0 Å². The lowest BCUT2D eigenvalue weighted by atomic mass is 9.76. The third kappa shape index (κ3) is 3.50. The second-order valence-electron chi connectivity index (χ2n) is 7.03. The van der Waals surface area contributed by atoms with E-state index in [9.17, 15) is 4.79 Å². The van der Waals surface area contributed by atoms with Crippen molar-refractivity contribution in [2.24, 2.45) is 29.4 Å². The van der Waals surface area contributed by atoms with Crippen LogP contribution >= 0.6 is 0 Å². The highest BCUT2D eigenvalue weighted by Crippen LogP contribution is 2.31. The fourth-order valence-corrected chi connectivity index (χ4v) is 3.68. The fraction of sp³-hybridized carbons (Fsp3) is 0.938. The molecule has 0 aromatic carbocycles.